The largest absolute Gasteiger partial charge is 0.439 e. The predicted molar refractivity (Wildman–Crippen MR) is 119 cm³/mol. The molecular weight excluding hydrogens is 429 g/mol. The molecule has 0 spiro atoms. The van der Waals surface area contributed by atoms with Crippen LogP contribution in [-0.4, -0.2) is 28.3 Å². The summed E-state index contributed by atoms with van der Waals surface area (Å²) in [4.78, 5) is 6.07. The van der Waals surface area contributed by atoms with Gasteiger partial charge in [-0.1, -0.05) is 17.7 Å². The zero-order valence-electron chi connectivity index (χ0n) is 17.9. The fourth-order valence-corrected chi connectivity index (χ4v) is 4.03. The van der Waals surface area contributed by atoms with Crippen LogP contribution in [0.4, 0.5) is 19.0 Å². The van der Waals surface area contributed by atoms with Crippen molar-refractivity contribution in [1.29, 1.82) is 0 Å². The number of hydrogen-bond acceptors (Lipinski definition) is 5. The van der Waals surface area contributed by atoms with Gasteiger partial charge in [0.1, 0.15) is 5.75 Å². The monoisotopic (exact) mass is 452 g/mol. The van der Waals surface area contributed by atoms with Crippen molar-refractivity contribution in [3.8, 4) is 11.6 Å². The third-order valence-electron chi connectivity index (χ3n) is 5.94. The highest BCUT2D eigenvalue weighted by Crippen LogP contribution is 2.42. The number of rotatable bonds is 5. The molecule has 0 unspecified atom stereocenters. The van der Waals surface area contributed by atoms with E-state index >= 15 is 0 Å². The van der Waals surface area contributed by atoms with E-state index in [1.165, 1.54) is 17.2 Å². The Morgan fingerprint density at radius 1 is 1.03 bits per heavy atom. The summed E-state index contributed by atoms with van der Waals surface area (Å²) in [5, 5.41) is 8.15. The Morgan fingerprint density at radius 2 is 1.85 bits per heavy atom. The van der Waals surface area contributed by atoms with Gasteiger partial charge in [0.05, 0.1) is 5.56 Å². The van der Waals surface area contributed by atoms with Crippen LogP contribution in [0.15, 0.2) is 60.4 Å². The van der Waals surface area contributed by atoms with E-state index in [0.29, 0.717) is 11.7 Å². The second-order valence-corrected chi connectivity index (χ2v) is 8.47. The molecule has 1 saturated heterocycles. The topological polar surface area (TPSA) is 51.1 Å². The minimum atomic E-state index is -4.42. The molecule has 3 aromatic rings. The summed E-state index contributed by atoms with van der Waals surface area (Å²) in [6, 6.07) is 12.2. The fourth-order valence-electron chi connectivity index (χ4n) is 4.03. The van der Waals surface area contributed by atoms with Crippen LogP contribution in [-0.2, 0) is 6.18 Å². The predicted octanol–water partition coefficient (Wildman–Crippen LogP) is 6.24. The number of pyridine rings is 1. The first-order valence-corrected chi connectivity index (χ1v) is 11.0. The number of piperidine rings is 1. The minimum Gasteiger partial charge on any atom is -0.439 e. The molecule has 0 bridgehead atoms. The quantitative estimate of drug-likeness (QED) is 0.458. The van der Waals surface area contributed by atoms with E-state index < -0.39 is 11.7 Å². The lowest BCUT2D eigenvalue weighted by molar-refractivity contribution is -0.137. The van der Waals surface area contributed by atoms with Crippen LogP contribution in [0.1, 0.15) is 48.3 Å². The normalized spacial score (nSPS) is 16.6. The molecule has 2 aromatic heterocycles. The fraction of sp³-hybridized carbons (Fsp3) is 0.320. The molecule has 5 rings (SSSR count). The summed E-state index contributed by atoms with van der Waals surface area (Å²) >= 11 is 0. The van der Waals surface area contributed by atoms with Gasteiger partial charge in [-0.25, -0.2) is 4.98 Å². The SMILES string of the molecule is FC(F)(F)c1ccc(Oc2cc(C=C3CCN(c4cccnn4)CC3)cc(C3CC3)c2)nc1. The lowest BCUT2D eigenvalue weighted by Crippen LogP contribution is -2.31. The van der Waals surface area contributed by atoms with Crippen molar-refractivity contribution in [2.45, 2.75) is 37.8 Å². The maximum absolute atomic E-state index is 12.8. The number of nitrogens with zero attached hydrogens (tertiary/aromatic N) is 4. The average Bonchev–Trinajstić information content (AvgIpc) is 3.66. The molecule has 0 atom stereocenters. The van der Waals surface area contributed by atoms with Crippen LogP contribution >= 0.6 is 0 Å². The van der Waals surface area contributed by atoms with Crippen LogP contribution in [0.2, 0.25) is 0 Å². The molecule has 33 heavy (non-hydrogen) atoms. The summed E-state index contributed by atoms with van der Waals surface area (Å²) in [6.45, 7) is 1.76. The van der Waals surface area contributed by atoms with Crippen LogP contribution in [0, 0.1) is 0 Å². The van der Waals surface area contributed by atoms with Crippen molar-refractivity contribution in [2.24, 2.45) is 0 Å². The van der Waals surface area contributed by atoms with Gasteiger partial charge < -0.3 is 9.64 Å². The molecule has 2 fully saturated rings. The van der Waals surface area contributed by atoms with Gasteiger partial charge in [-0.05, 0) is 73.1 Å². The van der Waals surface area contributed by atoms with Gasteiger partial charge in [0, 0.05) is 31.5 Å². The molecule has 1 aliphatic carbocycles. The molecule has 1 saturated carbocycles. The summed E-state index contributed by atoms with van der Waals surface area (Å²) in [6.07, 6.45) is 4.41. The third kappa shape index (κ3) is 5.32. The van der Waals surface area contributed by atoms with Crippen LogP contribution in [0.5, 0.6) is 11.6 Å². The van der Waals surface area contributed by atoms with E-state index in [9.17, 15) is 13.2 Å². The van der Waals surface area contributed by atoms with Crippen LogP contribution < -0.4 is 9.64 Å². The van der Waals surface area contributed by atoms with Gasteiger partial charge in [-0.3, -0.25) is 0 Å². The maximum Gasteiger partial charge on any atom is 0.417 e. The molecule has 8 heteroatoms. The summed E-state index contributed by atoms with van der Waals surface area (Å²) in [5.41, 5.74) is 2.80. The third-order valence-corrected chi connectivity index (χ3v) is 5.94. The smallest absolute Gasteiger partial charge is 0.417 e. The molecule has 5 nitrogen and oxygen atoms in total. The number of alkyl halides is 3. The average molecular weight is 452 g/mol. The Hall–Kier alpha value is -3.42. The molecule has 170 valence electrons. The van der Waals surface area contributed by atoms with Gasteiger partial charge >= 0.3 is 6.18 Å². The Bertz CT molecular complexity index is 1130. The first-order valence-electron chi connectivity index (χ1n) is 11.0. The Kier molecular flexibility index (Phi) is 5.74. The van der Waals surface area contributed by atoms with E-state index in [4.69, 9.17) is 4.74 Å². The van der Waals surface area contributed by atoms with E-state index in [1.807, 2.05) is 24.3 Å². The highest BCUT2D eigenvalue weighted by molar-refractivity contribution is 5.58. The van der Waals surface area contributed by atoms with Crippen molar-refractivity contribution >= 4 is 11.9 Å². The second-order valence-electron chi connectivity index (χ2n) is 8.47. The molecule has 3 heterocycles. The van der Waals surface area contributed by atoms with Crippen molar-refractivity contribution < 1.29 is 17.9 Å². The van der Waals surface area contributed by atoms with E-state index in [0.717, 1.165) is 62.4 Å². The molecular formula is C25H23F3N4O. The number of aromatic nitrogens is 3. The van der Waals surface area contributed by atoms with Crippen molar-refractivity contribution in [3.63, 3.8) is 0 Å². The second kappa shape index (κ2) is 8.84. The number of anilines is 1. The lowest BCUT2D eigenvalue weighted by Gasteiger charge is -2.29. The number of ether oxygens (including phenoxy) is 1. The van der Waals surface area contributed by atoms with Crippen LogP contribution in [0.25, 0.3) is 6.08 Å². The van der Waals surface area contributed by atoms with Gasteiger partial charge in [-0.15, -0.1) is 5.10 Å². The molecule has 1 aliphatic heterocycles. The summed E-state index contributed by atoms with van der Waals surface area (Å²) in [7, 11) is 0. The zero-order valence-corrected chi connectivity index (χ0v) is 17.9. The van der Waals surface area contributed by atoms with Gasteiger partial charge in [0.15, 0.2) is 5.82 Å². The zero-order chi connectivity index (χ0) is 22.8. The standard InChI is InChI=1S/C25H23F3N4O/c26-25(27,28)21-5-6-24(29-16-21)33-22-14-18(13-20(15-22)19-3-4-19)12-17-7-10-32(11-8-17)23-2-1-9-30-31-23/h1-2,5-6,9,12-16,19H,3-4,7-8,10-11H2. The summed E-state index contributed by atoms with van der Waals surface area (Å²) in [5.74, 6) is 2.15. The minimum absolute atomic E-state index is 0.145. The van der Waals surface area contributed by atoms with Crippen molar-refractivity contribution in [2.75, 3.05) is 18.0 Å². The first-order chi connectivity index (χ1) is 15.9. The summed E-state index contributed by atoms with van der Waals surface area (Å²) < 4.78 is 44.2. The Balaban J connectivity index is 1.32. The van der Waals surface area contributed by atoms with E-state index in [1.54, 1.807) is 6.20 Å². The molecule has 1 aromatic carbocycles. The molecule has 0 amide bonds. The Labute approximate surface area is 189 Å². The number of halogens is 3. The van der Waals surface area contributed by atoms with Crippen molar-refractivity contribution in [1.82, 2.24) is 15.2 Å². The first kappa shape index (κ1) is 21.4. The highest BCUT2D eigenvalue weighted by Gasteiger charge is 2.31. The van der Waals surface area contributed by atoms with Crippen molar-refractivity contribution in [3.05, 3.63) is 77.1 Å². The van der Waals surface area contributed by atoms with Gasteiger partial charge in [0.2, 0.25) is 5.88 Å². The Morgan fingerprint density at radius 3 is 2.48 bits per heavy atom. The van der Waals surface area contributed by atoms with E-state index in [2.05, 4.69) is 32.2 Å². The van der Waals surface area contributed by atoms with Gasteiger partial charge in [0.25, 0.3) is 0 Å². The lowest BCUT2D eigenvalue weighted by atomic mass is 9.99. The molecule has 0 N–H and O–H groups in total. The molecule has 0 radical (unpaired) electrons. The number of hydrogen-bond donors (Lipinski definition) is 0. The van der Waals surface area contributed by atoms with Crippen LogP contribution in [0.3, 0.4) is 0 Å². The maximum atomic E-state index is 12.8. The molecule has 2 aliphatic rings. The highest BCUT2D eigenvalue weighted by atomic mass is 19.4. The number of benzene rings is 1. The van der Waals surface area contributed by atoms with Gasteiger partial charge in [-0.2, -0.15) is 18.3 Å². The van der Waals surface area contributed by atoms with E-state index in [-0.39, 0.29) is 5.88 Å².